The lowest BCUT2D eigenvalue weighted by Crippen LogP contribution is -1.97. The summed E-state index contributed by atoms with van der Waals surface area (Å²) < 4.78 is 19.6. The zero-order valence-corrected chi connectivity index (χ0v) is 23.0. The lowest BCUT2D eigenvalue weighted by Gasteiger charge is -2.14. The van der Waals surface area contributed by atoms with Crippen molar-refractivity contribution in [2.75, 3.05) is 26.6 Å². The summed E-state index contributed by atoms with van der Waals surface area (Å²) in [6.45, 7) is 0.732. The third-order valence-corrected chi connectivity index (χ3v) is 7.31. The lowest BCUT2D eigenvalue weighted by molar-refractivity contribution is 0.324. The minimum absolute atomic E-state index is 0.546. The Kier molecular flexibility index (Phi) is 7.09. The lowest BCUT2D eigenvalue weighted by atomic mass is 10.1. The van der Waals surface area contributed by atoms with Gasteiger partial charge in [0, 0.05) is 61.9 Å². The third kappa shape index (κ3) is 4.89. The van der Waals surface area contributed by atoms with E-state index in [1.54, 1.807) is 21.3 Å². The van der Waals surface area contributed by atoms with Gasteiger partial charge in [-0.25, -0.2) is 4.98 Å². The van der Waals surface area contributed by atoms with Crippen molar-refractivity contribution >= 4 is 60.6 Å². The molecule has 0 aliphatic carbocycles. The summed E-state index contributed by atoms with van der Waals surface area (Å²) in [7, 11) is 4.78. The third-order valence-electron chi connectivity index (χ3n) is 5.81. The Morgan fingerprint density at radius 3 is 2.36 bits per heavy atom. The van der Waals surface area contributed by atoms with E-state index in [9.17, 15) is 0 Å². The van der Waals surface area contributed by atoms with Gasteiger partial charge in [-0.05, 0) is 35.9 Å². The van der Waals surface area contributed by atoms with Gasteiger partial charge >= 0.3 is 0 Å². The predicted molar refractivity (Wildman–Crippen MR) is 151 cm³/mol. The van der Waals surface area contributed by atoms with Gasteiger partial charge in [0.1, 0.15) is 0 Å². The molecule has 0 amide bonds. The summed E-state index contributed by atoms with van der Waals surface area (Å²) in [5.74, 6) is 1.70. The fourth-order valence-corrected chi connectivity index (χ4v) is 5.34. The Bertz CT molecular complexity index is 1510. The molecule has 0 unspecified atom stereocenters. The Morgan fingerprint density at radius 1 is 0.972 bits per heavy atom. The number of halogens is 2. The Morgan fingerprint density at radius 2 is 1.69 bits per heavy atom. The smallest absolute Gasteiger partial charge is 0.203 e. The van der Waals surface area contributed by atoms with E-state index in [0.29, 0.717) is 17.2 Å². The van der Waals surface area contributed by atoms with Crippen LogP contribution in [0.2, 0.25) is 5.02 Å². The number of aromatic nitrogens is 2. The van der Waals surface area contributed by atoms with Crippen molar-refractivity contribution in [2.24, 2.45) is 0 Å². The van der Waals surface area contributed by atoms with Crippen molar-refractivity contribution in [2.45, 2.75) is 6.54 Å². The van der Waals surface area contributed by atoms with E-state index in [1.807, 2.05) is 24.3 Å². The second-order valence-electron chi connectivity index (χ2n) is 8.04. The first-order valence-electron chi connectivity index (χ1n) is 11.0. The Hall–Kier alpha value is -3.20. The van der Waals surface area contributed by atoms with Crippen LogP contribution in [-0.2, 0) is 6.54 Å². The van der Waals surface area contributed by atoms with Crippen LogP contribution in [0.25, 0.3) is 22.2 Å². The van der Waals surface area contributed by atoms with Crippen LogP contribution >= 0.6 is 38.9 Å². The molecule has 0 spiro atoms. The highest BCUT2D eigenvalue weighted by Crippen LogP contribution is 2.41. The minimum Gasteiger partial charge on any atom is -0.493 e. The molecule has 0 atom stereocenters. The normalized spacial score (nSPS) is 11.0. The van der Waals surface area contributed by atoms with E-state index in [4.69, 9.17) is 30.8 Å². The topological polar surface area (TPSA) is 57.5 Å². The van der Waals surface area contributed by atoms with Gasteiger partial charge in [-0.3, -0.25) is 0 Å². The van der Waals surface area contributed by atoms with Gasteiger partial charge in [-0.15, -0.1) is 11.3 Å². The van der Waals surface area contributed by atoms with Gasteiger partial charge in [-0.1, -0.05) is 39.7 Å². The van der Waals surface area contributed by atoms with Gasteiger partial charge in [-0.2, -0.15) is 0 Å². The molecule has 2 heterocycles. The van der Waals surface area contributed by atoms with Crippen LogP contribution in [0, 0.1) is 0 Å². The molecule has 0 aliphatic rings. The molecular weight excluding hydrogens is 562 g/mol. The Labute approximate surface area is 226 Å². The highest BCUT2D eigenvalue weighted by atomic mass is 79.9. The molecule has 5 aromatic rings. The monoisotopic (exact) mass is 583 g/mol. The maximum atomic E-state index is 6.08. The maximum Gasteiger partial charge on any atom is 0.203 e. The number of nitrogens with zero attached hydrogens (tertiary/aromatic N) is 2. The first-order valence-corrected chi connectivity index (χ1v) is 13.1. The van der Waals surface area contributed by atoms with Gasteiger partial charge in [0.15, 0.2) is 16.6 Å². The molecule has 1 N–H and O–H groups in total. The molecule has 3 aromatic carbocycles. The average molecular weight is 585 g/mol. The van der Waals surface area contributed by atoms with Crippen LogP contribution in [-0.4, -0.2) is 30.9 Å². The van der Waals surface area contributed by atoms with E-state index in [2.05, 4.69) is 67.7 Å². The van der Waals surface area contributed by atoms with Crippen LogP contribution in [0.1, 0.15) is 5.56 Å². The molecule has 9 heteroatoms. The predicted octanol–water partition coefficient (Wildman–Crippen LogP) is 8.00. The van der Waals surface area contributed by atoms with Crippen molar-refractivity contribution in [3.63, 3.8) is 0 Å². The van der Waals surface area contributed by atoms with Crippen molar-refractivity contribution in [1.82, 2.24) is 9.55 Å². The molecule has 36 heavy (non-hydrogen) atoms. The van der Waals surface area contributed by atoms with Crippen molar-refractivity contribution < 1.29 is 14.2 Å². The van der Waals surface area contributed by atoms with Crippen LogP contribution in [0.3, 0.4) is 0 Å². The number of anilines is 2. The second-order valence-corrected chi connectivity index (χ2v) is 10.2. The first-order chi connectivity index (χ1) is 17.5. The SMILES string of the molecule is COc1cc(Nc2nc(-c3cn(Cc4ccc(Cl)cc4)c4ccc(Br)cc34)cs2)cc(OC)c1OC. The molecule has 6 nitrogen and oxygen atoms in total. The summed E-state index contributed by atoms with van der Waals surface area (Å²) in [5, 5.41) is 8.04. The van der Waals surface area contributed by atoms with Gasteiger partial charge in [0.25, 0.3) is 0 Å². The van der Waals surface area contributed by atoms with E-state index in [0.717, 1.165) is 49.0 Å². The molecule has 0 bridgehead atoms. The number of hydrogen-bond acceptors (Lipinski definition) is 6. The fourth-order valence-electron chi connectivity index (χ4n) is 4.12. The molecule has 2 aromatic heterocycles. The zero-order chi connectivity index (χ0) is 25.2. The fraction of sp³-hybridized carbons (Fsp3) is 0.148. The summed E-state index contributed by atoms with van der Waals surface area (Å²) in [6, 6.07) is 18.0. The second kappa shape index (κ2) is 10.4. The number of ether oxygens (including phenoxy) is 3. The van der Waals surface area contributed by atoms with Gasteiger partial charge in [0.2, 0.25) is 5.75 Å². The quantitative estimate of drug-likeness (QED) is 0.200. The summed E-state index contributed by atoms with van der Waals surface area (Å²) in [5.41, 5.74) is 5.06. The summed E-state index contributed by atoms with van der Waals surface area (Å²) in [6.07, 6.45) is 2.16. The number of hydrogen-bond donors (Lipinski definition) is 1. The number of methoxy groups -OCH3 is 3. The number of thiazole rings is 1. The largest absolute Gasteiger partial charge is 0.493 e. The molecule has 0 saturated carbocycles. The van der Waals surface area contributed by atoms with E-state index in [1.165, 1.54) is 16.9 Å². The highest BCUT2D eigenvalue weighted by molar-refractivity contribution is 9.10. The molecule has 5 rings (SSSR count). The van der Waals surface area contributed by atoms with Crippen molar-refractivity contribution in [1.29, 1.82) is 0 Å². The van der Waals surface area contributed by atoms with Gasteiger partial charge in [0.05, 0.1) is 27.0 Å². The standard InChI is InChI=1S/C27H23BrClN3O3S/c1-33-24-11-19(12-25(34-2)26(24)35-3)30-27-31-22(15-36-27)21-14-32(13-16-4-7-18(29)8-5-16)23-9-6-17(28)10-20(21)23/h4-12,14-15H,13H2,1-3H3,(H,30,31). The van der Waals surface area contributed by atoms with Crippen molar-refractivity contribution in [3.05, 3.63) is 81.2 Å². The number of benzene rings is 3. The highest BCUT2D eigenvalue weighted by Gasteiger charge is 2.16. The molecule has 184 valence electrons. The van der Waals surface area contributed by atoms with Crippen molar-refractivity contribution in [3.8, 4) is 28.5 Å². The number of fused-ring (bicyclic) bond motifs is 1. The first kappa shape index (κ1) is 24.5. The minimum atomic E-state index is 0.546. The Balaban J connectivity index is 1.49. The maximum absolute atomic E-state index is 6.08. The van der Waals surface area contributed by atoms with Crippen LogP contribution < -0.4 is 19.5 Å². The molecule has 0 saturated heterocycles. The number of nitrogens with one attached hydrogen (secondary N) is 1. The molecular formula is C27H23BrClN3O3S. The molecule has 0 fully saturated rings. The molecule has 0 radical (unpaired) electrons. The number of rotatable bonds is 8. The summed E-state index contributed by atoms with van der Waals surface area (Å²) in [4.78, 5) is 4.89. The van der Waals surface area contributed by atoms with Gasteiger partial charge < -0.3 is 24.1 Å². The van der Waals surface area contributed by atoms with Crippen LogP contribution in [0.4, 0.5) is 10.8 Å². The average Bonchev–Trinajstić information content (AvgIpc) is 3.48. The summed E-state index contributed by atoms with van der Waals surface area (Å²) >= 11 is 11.2. The van der Waals surface area contributed by atoms with E-state index < -0.39 is 0 Å². The van der Waals surface area contributed by atoms with Crippen LogP contribution in [0.15, 0.2) is 70.6 Å². The van der Waals surface area contributed by atoms with E-state index in [-0.39, 0.29) is 0 Å². The zero-order valence-electron chi connectivity index (χ0n) is 19.8. The van der Waals surface area contributed by atoms with Crippen LogP contribution in [0.5, 0.6) is 17.2 Å². The van der Waals surface area contributed by atoms with E-state index >= 15 is 0 Å². The molecule has 0 aliphatic heterocycles.